The number of aryl methyl sites for hydroxylation is 2. The van der Waals surface area contributed by atoms with Gasteiger partial charge in [0.2, 0.25) is 0 Å². The Hall–Kier alpha value is -2.14. The van der Waals surface area contributed by atoms with Crippen molar-refractivity contribution in [3.63, 3.8) is 0 Å². The highest BCUT2D eigenvalue weighted by Gasteiger charge is 2.34. The maximum absolute atomic E-state index is 13.0. The molecule has 3 fully saturated rings. The second-order valence-electron chi connectivity index (χ2n) is 8.03. The fourth-order valence-corrected chi connectivity index (χ4v) is 4.43. The molecule has 4 heterocycles. The van der Waals surface area contributed by atoms with Crippen LogP contribution < -0.4 is 0 Å². The Morgan fingerprint density at radius 1 is 1.12 bits per heavy atom. The van der Waals surface area contributed by atoms with E-state index >= 15 is 0 Å². The molecule has 3 aliphatic heterocycles. The van der Waals surface area contributed by atoms with Crippen LogP contribution in [-0.2, 0) is 6.54 Å². The minimum absolute atomic E-state index is 0.176. The molecule has 26 heavy (non-hydrogen) atoms. The largest absolute Gasteiger partial charge is 0.337 e. The predicted octanol–water partition coefficient (Wildman–Crippen LogP) is 2.71. The van der Waals surface area contributed by atoms with Crippen molar-refractivity contribution in [1.82, 2.24) is 19.6 Å². The molecule has 1 aromatic carbocycles. The van der Waals surface area contributed by atoms with Gasteiger partial charge in [0.25, 0.3) is 5.91 Å². The van der Waals surface area contributed by atoms with E-state index in [-0.39, 0.29) is 5.91 Å². The standard InChI is InChI=1S/C21H28N4O/c1-15-10-16(2)25(22-15)13-17-4-7-19(8-5-17)21(26)24-12-18-6-9-20(14-24)23(3)11-18/h4-5,7-8,10,18,20H,6,9,11-14H2,1-3H3/t18-,20-/m1/s1. The molecule has 5 heteroatoms. The van der Waals surface area contributed by atoms with Crippen LogP contribution in [0, 0.1) is 19.8 Å². The van der Waals surface area contributed by atoms with Crippen LogP contribution in [0.25, 0.3) is 0 Å². The number of carbonyl (C=O) groups is 1. The molecule has 5 rings (SSSR count). The normalized spacial score (nSPS) is 23.3. The van der Waals surface area contributed by atoms with Crippen molar-refractivity contribution in [2.45, 2.75) is 39.3 Å². The fraction of sp³-hybridized carbons (Fsp3) is 0.524. The van der Waals surface area contributed by atoms with Crippen LogP contribution in [0.5, 0.6) is 0 Å². The average molecular weight is 352 g/mol. The maximum Gasteiger partial charge on any atom is 0.253 e. The Balaban J connectivity index is 1.46. The SMILES string of the molecule is Cc1cc(C)n(Cc2ccc(C(=O)N3C[C@@H]4CC[C@H](C3)N(C)C4)cc2)n1. The summed E-state index contributed by atoms with van der Waals surface area (Å²) < 4.78 is 2.01. The number of carbonyl (C=O) groups excluding carboxylic acids is 1. The number of hydrogen-bond donors (Lipinski definition) is 0. The fourth-order valence-electron chi connectivity index (χ4n) is 4.43. The number of likely N-dealkylation sites (N-methyl/N-ethyl adjacent to an activating group) is 1. The molecule has 0 unspecified atom stereocenters. The summed E-state index contributed by atoms with van der Waals surface area (Å²) in [7, 11) is 2.19. The van der Waals surface area contributed by atoms with E-state index in [2.05, 4.69) is 47.1 Å². The third-order valence-electron chi connectivity index (χ3n) is 5.91. The summed E-state index contributed by atoms with van der Waals surface area (Å²) in [5.41, 5.74) is 4.16. The smallest absolute Gasteiger partial charge is 0.253 e. The third kappa shape index (κ3) is 3.40. The summed E-state index contributed by atoms with van der Waals surface area (Å²) in [4.78, 5) is 17.5. The van der Waals surface area contributed by atoms with Crippen LogP contribution in [0.3, 0.4) is 0 Å². The van der Waals surface area contributed by atoms with Gasteiger partial charge in [-0.2, -0.15) is 5.10 Å². The molecule has 138 valence electrons. The number of benzene rings is 1. The number of piperidine rings is 1. The number of rotatable bonds is 3. The number of amides is 1. The molecule has 1 aromatic heterocycles. The van der Waals surface area contributed by atoms with Crippen LogP contribution in [0.4, 0.5) is 0 Å². The number of nitrogens with zero attached hydrogens (tertiary/aromatic N) is 4. The van der Waals surface area contributed by atoms with Crippen molar-refractivity contribution < 1.29 is 4.79 Å². The average Bonchev–Trinajstić information content (AvgIpc) is 2.79. The first-order valence-electron chi connectivity index (χ1n) is 9.59. The molecule has 3 aliphatic rings. The molecule has 0 saturated carbocycles. The Bertz CT molecular complexity index is 795. The molecule has 0 aliphatic carbocycles. The predicted molar refractivity (Wildman–Crippen MR) is 102 cm³/mol. The molecule has 0 radical (unpaired) electrons. The van der Waals surface area contributed by atoms with E-state index in [1.54, 1.807) is 0 Å². The number of hydrogen-bond acceptors (Lipinski definition) is 3. The van der Waals surface area contributed by atoms with Gasteiger partial charge >= 0.3 is 0 Å². The molecule has 2 atom stereocenters. The van der Waals surface area contributed by atoms with Crippen LogP contribution >= 0.6 is 0 Å². The van der Waals surface area contributed by atoms with Gasteiger partial charge in [-0.15, -0.1) is 0 Å². The summed E-state index contributed by atoms with van der Waals surface area (Å²) in [6.45, 7) is 7.70. The minimum Gasteiger partial charge on any atom is -0.337 e. The van der Waals surface area contributed by atoms with E-state index in [9.17, 15) is 4.79 Å². The van der Waals surface area contributed by atoms with E-state index in [1.807, 2.05) is 23.7 Å². The van der Waals surface area contributed by atoms with E-state index < -0.39 is 0 Å². The molecular formula is C21H28N4O. The molecule has 2 bridgehead atoms. The van der Waals surface area contributed by atoms with E-state index in [0.29, 0.717) is 12.0 Å². The number of aromatic nitrogens is 2. The highest BCUT2D eigenvalue weighted by atomic mass is 16.2. The molecule has 1 amide bonds. The van der Waals surface area contributed by atoms with Gasteiger partial charge in [-0.3, -0.25) is 9.48 Å². The maximum atomic E-state index is 13.0. The van der Waals surface area contributed by atoms with Crippen molar-refractivity contribution in [1.29, 1.82) is 0 Å². The Kier molecular flexibility index (Phi) is 4.57. The summed E-state index contributed by atoms with van der Waals surface area (Å²) in [5.74, 6) is 0.794. The summed E-state index contributed by atoms with van der Waals surface area (Å²) >= 11 is 0. The molecule has 0 spiro atoms. The molecular weight excluding hydrogens is 324 g/mol. The van der Waals surface area contributed by atoms with Gasteiger partial charge in [-0.25, -0.2) is 0 Å². The van der Waals surface area contributed by atoms with Crippen molar-refractivity contribution in [2.75, 3.05) is 26.7 Å². The highest BCUT2D eigenvalue weighted by molar-refractivity contribution is 5.94. The van der Waals surface area contributed by atoms with Crippen LogP contribution in [0.2, 0.25) is 0 Å². The molecule has 2 aromatic rings. The van der Waals surface area contributed by atoms with Crippen LogP contribution in [0.1, 0.15) is 40.2 Å². The van der Waals surface area contributed by atoms with Crippen molar-refractivity contribution in [2.24, 2.45) is 5.92 Å². The first kappa shape index (κ1) is 17.3. The van der Waals surface area contributed by atoms with Gasteiger partial charge in [-0.1, -0.05) is 12.1 Å². The van der Waals surface area contributed by atoms with Crippen molar-refractivity contribution in [3.8, 4) is 0 Å². The Morgan fingerprint density at radius 2 is 1.88 bits per heavy atom. The Morgan fingerprint density at radius 3 is 2.54 bits per heavy atom. The zero-order chi connectivity index (χ0) is 18.3. The lowest BCUT2D eigenvalue weighted by Crippen LogP contribution is -2.41. The van der Waals surface area contributed by atoms with Crippen molar-refractivity contribution >= 4 is 5.91 Å². The second kappa shape index (κ2) is 6.88. The lowest BCUT2D eigenvalue weighted by atomic mass is 9.96. The second-order valence-corrected chi connectivity index (χ2v) is 8.03. The van der Waals surface area contributed by atoms with E-state index in [4.69, 9.17) is 0 Å². The topological polar surface area (TPSA) is 41.4 Å². The summed E-state index contributed by atoms with van der Waals surface area (Å²) in [6.07, 6.45) is 2.47. The Labute approximate surface area is 155 Å². The van der Waals surface area contributed by atoms with Gasteiger partial charge in [-0.05, 0) is 63.4 Å². The lowest BCUT2D eigenvalue weighted by molar-refractivity contribution is 0.0742. The van der Waals surface area contributed by atoms with Gasteiger partial charge in [0.15, 0.2) is 0 Å². The highest BCUT2D eigenvalue weighted by Crippen LogP contribution is 2.27. The van der Waals surface area contributed by atoms with Crippen LogP contribution in [-0.4, -0.2) is 58.2 Å². The summed E-state index contributed by atoms with van der Waals surface area (Å²) in [5, 5.41) is 4.51. The van der Waals surface area contributed by atoms with Gasteiger partial charge in [0.05, 0.1) is 12.2 Å². The minimum atomic E-state index is 0.176. The molecule has 0 N–H and O–H groups in total. The lowest BCUT2D eigenvalue weighted by Gasteiger charge is -2.32. The van der Waals surface area contributed by atoms with Crippen LogP contribution in [0.15, 0.2) is 30.3 Å². The quantitative estimate of drug-likeness (QED) is 0.853. The zero-order valence-electron chi connectivity index (χ0n) is 16.0. The van der Waals surface area contributed by atoms with E-state index in [1.165, 1.54) is 18.4 Å². The van der Waals surface area contributed by atoms with Gasteiger partial charge < -0.3 is 9.80 Å². The zero-order valence-corrected chi connectivity index (χ0v) is 16.0. The first-order chi connectivity index (χ1) is 12.5. The molecule has 5 nitrogen and oxygen atoms in total. The van der Waals surface area contributed by atoms with Gasteiger partial charge in [0.1, 0.15) is 0 Å². The van der Waals surface area contributed by atoms with E-state index in [0.717, 1.165) is 43.1 Å². The molecule has 3 saturated heterocycles. The number of fused-ring (bicyclic) bond motifs is 4. The third-order valence-corrected chi connectivity index (χ3v) is 5.91. The monoisotopic (exact) mass is 352 g/mol. The summed E-state index contributed by atoms with van der Waals surface area (Å²) in [6, 6.07) is 10.7. The first-order valence-corrected chi connectivity index (χ1v) is 9.59. The van der Waals surface area contributed by atoms with Crippen molar-refractivity contribution in [3.05, 3.63) is 52.8 Å². The van der Waals surface area contributed by atoms with Gasteiger partial charge in [0, 0.05) is 36.9 Å².